The molecule has 0 bridgehead atoms. The van der Waals surface area contributed by atoms with E-state index in [4.69, 9.17) is 5.73 Å². The minimum absolute atomic E-state index is 0.142. The number of aromatic amines is 1. The van der Waals surface area contributed by atoms with Crippen LogP contribution < -0.4 is 16.4 Å². The lowest BCUT2D eigenvalue weighted by molar-refractivity contribution is -0.142. The molecule has 0 saturated carbocycles. The van der Waals surface area contributed by atoms with Crippen LogP contribution in [0.1, 0.15) is 37.1 Å². The highest BCUT2D eigenvalue weighted by Gasteiger charge is 2.41. The minimum Gasteiger partial charge on any atom is -0.377 e. The molecular formula is C17H23F3N6O4. The lowest BCUT2D eigenvalue weighted by Gasteiger charge is -2.31. The molecule has 0 radical (unpaired) electrons. The van der Waals surface area contributed by atoms with Gasteiger partial charge in [0, 0.05) is 25.1 Å². The number of H-pyrrole nitrogens is 1. The second-order valence-corrected chi connectivity index (χ2v) is 7.38. The second kappa shape index (κ2) is 8.60. The number of nitrogens with zero attached hydrogens (tertiary/aromatic N) is 2. The van der Waals surface area contributed by atoms with Gasteiger partial charge in [-0.25, -0.2) is 4.98 Å². The van der Waals surface area contributed by atoms with Crippen molar-refractivity contribution >= 4 is 17.7 Å². The molecule has 0 spiro atoms. The van der Waals surface area contributed by atoms with Crippen molar-refractivity contribution in [3.63, 3.8) is 0 Å². The molecule has 3 rings (SSSR count). The maximum Gasteiger partial charge on any atom is 0.435 e. The van der Waals surface area contributed by atoms with E-state index in [9.17, 15) is 32.7 Å². The molecule has 2 fully saturated rings. The average Bonchev–Trinajstić information content (AvgIpc) is 3.39. The summed E-state index contributed by atoms with van der Waals surface area (Å²) in [6, 6.07) is -2.94. The smallest absolute Gasteiger partial charge is 0.377 e. The summed E-state index contributed by atoms with van der Waals surface area (Å²) >= 11 is 0. The largest absolute Gasteiger partial charge is 0.435 e. The maximum absolute atomic E-state index is 13.2. The number of aromatic nitrogens is 2. The van der Waals surface area contributed by atoms with Crippen LogP contribution >= 0.6 is 0 Å². The van der Waals surface area contributed by atoms with Gasteiger partial charge in [-0.05, 0) is 19.3 Å². The quantitative estimate of drug-likeness (QED) is 0.364. The van der Waals surface area contributed by atoms with Gasteiger partial charge in [-0.2, -0.15) is 13.2 Å². The lowest BCUT2D eigenvalue weighted by atomic mass is 10.1. The standard InChI is InChI=1S/C17H23F3N6O4/c18-17(19,20)13-9(22-7-23-13)6-10(25-15(29)8-3-4-12(27)24-8)16(30)26-5-1-2-11(26)14(21)28/h7-8,10-11,14,28H,1-6,21H2,(H,22,23)(H,24,27)(H,25,29). The lowest BCUT2D eigenvalue weighted by Crippen LogP contribution is -2.56. The van der Waals surface area contributed by atoms with Gasteiger partial charge in [0.1, 0.15) is 18.3 Å². The van der Waals surface area contributed by atoms with Gasteiger partial charge in [0.25, 0.3) is 0 Å². The Labute approximate surface area is 169 Å². The van der Waals surface area contributed by atoms with Gasteiger partial charge < -0.3 is 31.4 Å². The van der Waals surface area contributed by atoms with Crippen LogP contribution in [0.3, 0.4) is 0 Å². The third-order valence-corrected chi connectivity index (χ3v) is 5.30. The monoisotopic (exact) mass is 432 g/mol. The number of carbonyl (C=O) groups is 3. The number of aliphatic hydroxyl groups is 1. The van der Waals surface area contributed by atoms with E-state index in [0.717, 1.165) is 6.33 Å². The number of halogens is 3. The van der Waals surface area contributed by atoms with Crippen molar-refractivity contribution in [2.24, 2.45) is 5.73 Å². The first-order chi connectivity index (χ1) is 14.1. The molecule has 4 atom stereocenters. The molecule has 3 heterocycles. The molecule has 0 aromatic carbocycles. The molecule has 3 amide bonds. The van der Waals surface area contributed by atoms with E-state index < -0.39 is 54.5 Å². The first-order valence-electron chi connectivity index (χ1n) is 9.51. The van der Waals surface area contributed by atoms with Crippen molar-refractivity contribution in [2.45, 2.75) is 62.6 Å². The predicted molar refractivity (Wildman–Crippen MR) is 95.3 cm³/mol. The predicted octanol–water partition coefficient (Wildman–Crippen LogP) is -0.997. The van der Waals surface area contributed by atoms with Crippen LogP contribution in [0.4, 0.5) is 13.2 Å². The Kier molecular flexibility index (Phi) is 6.31. The fourth-order valence-corrected chi connectivity index (χ4v) is 3.83. The van der Waals surface area contributed by atoms with Crippen LogP contribution in [-0.2, 0) is 27.0 Å². The molecule has 1 aromatic heterocycles. The van der Waals surface area contributed by atoms with E-state index in [1.807, 2.05) is 0 Å². The van der Waals surface area contributed by atoms with Crippen LogP contribution in [0.25, 0.3) is 0 Å². The molecular weight excluding hydrogens is 409 g/mol. The van der Waals surface area contributed by atoms with Crippen LogP contribution in [0.15, 0.2) is 6.33 Å². The first-order valence-corrected chi connectivity index (χ1v) is 9.51. The van der Waals surface area contributed by atoms with Gasteiger partial charge in [-0.3, -0.25) is 14.4 Å². The van der Waals surface area contributed by atoms with Crippen LogP contribution in [0.2, 0.25) is 0 Å². The van der Waals surface area contributed by atoms with E-state index in [1.54, 1.807) is 0 Å². The van der Waals surface area contributed by atoms with Crippen molar-refractivity contribution in [1.29, 1.82) is 0 Å². The normalized spacial score (nSPS) is 23.9. The third-order valence-electron chi connectivity index (χ3n) is 5.30. The molecule has 6 N–H and O–H groups in total. The van der Waals surface area contributed by atoms with E-state index in [1.165, 1.54) is 4.90 Å². The molecule has 2 aliphatic rings. The summed E-state index contributed by atoms with van der Waals surface area (Å²) < 4.78 is 39.6. The highest BCUT2D eigenvalue weighted by Crippen LogP contribution is 2.30. The molecule has 1 aromatic rings. The fourth-order valence-electron chi connectivity index (χ4n) is 3.83. The molecule has 10 nitrogen and oxygen atoms in total. The summed E-state index contributed by atoms with van der Waals surface area (Å²) in [5, 5.41) is 14.6. The number of aliphatic hydroxyl groups excluding tert-OH is 1. The molecule has 4 unspecified atom stereocenters. The summed E-state index contributed by atoms with van der Waals surface area (Å²) in [6.07, 6.45) is -4.34. The number of hydrogen-bond donors (Lipinski definition) is 5. The Morgan fingerprint density at radius 1 is 1.40 bits per heavy atom. The van der Waals surface area contributed by atoms with Gasteiger partial charge in [0.05, 0.1) is 12.4 Å². The Morgan fingerprint density at radius 3 is 2.73 bits per heavy atom. The number of nitrogens with two attached hydrogens (primary N) is 1. The number of amides is 3. The highest BCUT2D eigenvalue weighted by atomic mass is 19.4. The average molecular weight is 432 g/mol. The van der Waals surface area contributed by atoms with Crippen molar-refractivity contribution in [3.8, 4) is 0 Å². The second-order valence-electron chi connectivity index (χ2n) is 7.38. The van der Waals surface area contributed by atoms with E-state index >= 15 is 0 Å². The zero-order valence-corrected chi connectivity index (χ0v) is 15.9. The summed E-state index contributed by atoms with van der Waals surface area (Å²) in [6.45, 7) is 0.249. The summed E-state index contributed by atoms with van der Waals surface area (Å²) in [7, 11) is 0. The summed E-state index contributed by atoms with van der Waals surface area (Å²) in [5.41, 5.74) is 3.98. The Bertz CT molecular complexity index is 812. The van der Waals surface area contributed by atoms with E-state index in [2.05, 4.69) is 20.6 Å². The fraction of sp³-hybridized carbons (Fsp3) is 0.647. The Morgan fingerprint density at radius 2 is 2.13 bits per heavy atom. The number of likely N-dealkylation sites (tertiary alicyclic amines) is 1. The van der Waals surface area contributed by atoms with Crippen LogP contribution in [0, 0.1) is 0 Å². The molecule has 0 aliphatic carbocycles. The Hall–Kier alpha value is -2.67. The van der Waals surface area contributed by atoms with Crippen molar-refractivity contribution in [2.75, 3.05) is 6.54 Å². The summed E-state index contributed by atoms with van der Waals surface area (Å²) in [4.78, 5) is 43.9. The molecule has 2 aliphatic heterocycles. The van der Waals surface area contributed by atoms with Crippen molar-refractivity contribution in [1.82, 2.24) is 25.5 Å². The maximum atomic E-state index is 13.2. The van der Waals surface area contributed by atoms with Gasteiger partial charge in [0.15, 0.2) is 5.69 Å². The van der Waals surface area contributed by atoms with E-state index in [-0.39, 0.29) is 31.0 Å². The molecule has 13 heteroatoms. The first kappa shape index (κ1) is 22.0. The van der Waals surface area contributed by atoms with E-state index in [0.29, 0.717) is 12.8 Å². The Balaban J connectivity index is 1.83. The third kappa shape index (κ3) is 4.73. The molecule has 2 saturated heterocycles. The number of nitrogens with one attached hydrogen (secondary N) is 3. The topological polar surface area (TPSA) is 153 Å². The number of imidazole rings is 1. The van der Waals surface area contributed by atoms with Gasteiger partial charge >= 0.3 is 6.18 Å². The van der Waals surface area contributed by atoms with Crippen LogP contribution in [0.5, 0.6) is 0 Å². The molecule has 166 valence electrons. The number of hydrogen-bond acceptors (Lipinski definition) is 6. The summed E-state index contributed by atoms with van der Waals surface area (Å²) in [5.74, 6) is -1.66. The van der Waals surface area contributed by atoms with Gasteiger partial charge in [0.2, 0.25) is 17.7 Å². The van der Waals surface area contributed by atoms with Crippen molar-refractivity contribution < 1.29 is 32.7 Å². The highest BCUT2D eigenvalue weighted by molar-refractivity contribution is 5.94. The minimum atomic E-state index is -4.74. The van der Waals surface area contributed by atoms with Gasteiger partial charge in [-0.1, -0.05) is 0 Å². The SMILES string of the molecule is NC(O)C1CCCN1C(=O)C(Cc1[nH]cnc1C(F)(F)F)NC(=O)C1CCC(=O)N1. The van der Waals surface area contributed by atoms with Crippen LogP contribution in [-0.4, -0.2) is 68.6 Å². The van der Waals surface area contributed by atoms with Crippen molar-refractivity contribution in [3.05, 3.63) is 17.7 Å². The molecule has 30 heavy (non-hydrogen) atoms. The number of carbonyl (C=O) groups excluding carboxylic acids is 3. The zero-order chi connectivity index (χ0) is 22.1. The zero-order valence-electron chi connectivity index (χ0n) is 15.9. The van der Waals surface area contributed by atoms with Gasteiger partial charge in [-0.15, -0.1) is 0 Å². The number of alkyl halides is 3. The number of rotatable bonds is 6.